The Bertz CT molecular complexity index is 1300. The molecule has 8 nitrogen and oxygen atoms in total. The van der Waals surface area contributed by atoms with Gasteiger partial charge in [0.2, 0.25) is 5.95 Å². The Balaban J connectivity index is 1.58. The number of fused-ring (bicyclic) bond motifs is 1. The summed E-state index contributed by atoms with van der Waals surface area (Å²) in [6.07, 6.45) is 6.44. The molecule has 1 aromatic carbocycles. The van der Waals surface area contributed by atoms with Crippen molar-refractivity contribution in [3.05, 3.63) is 65.5 Å². The third-order valence-electron chi connectivity index (χ3n) is 5.78. The molecular weight excluding hydrogens is 430 g/mol. The van der Waals surface area contributed by atoms with E-state index in [4.69, 9.17) is 15.2 Å². The van der Waals surface area contributed by atoms with Crippen LogP contribution in [0.15, 0.2) is 42.9 Å². The number of benzene rings is 1. The van der Waals surface area contributed by atoms with Crippen LogP contribution in [0.1, 0.15) is 35.0 Å². The number of imidazole rings is 1. The Hall–Kier alpha value is -3.66. The highest BCUT2D eigenvalue weighted by Gasteiger charge is 2.24. The highest BCUT2D eigenvalue weighted by Crippen LogP contribution is 2.32. The first-order valence-electron chi connectivity index (χ1n) is 10.6. The molecule has 170 valence electrons. The van der Waals surface area contributed by atoms with Crippen molar-refractivity contribution in [1.29, 1.82) is 0 Å². The summed E-state index contributed by atoms with van der Waals surface area (Å²) < 4.78 is 37.9. The van der Waals surface area contributed by atoms with E-state index in [1.807, 2.05) is 17.5 Å². The molecule has 1 saturated heterocycles. The molecule has 10 heteroatoms. The molecule has 5 rings (SSSR count). The van der Waals surface area contributed by atoms with Crippen LogP contribution in [-0.2, 0) is 11.2 Å². The minimum absolute atomic E-state index is 0.116. The highest BCUT2D eigenvalue weighted by atomic mass is 19.3. The van der Waals surface area contributed by atoms with Gasteiger partial charge in [-0.3, -0.25) is 9.38 Å². The minimum atomic E-state index is -2.89. The van der Waals surface area contributed by atoms with Crippen LogP contribution in [0.25, 0.3) is 16.9 Å². The Labute approximate surface area is 188 Å². The average Bonchev–Trinajstić information content (AvgIpc) is 3.43. The fraction of sp³-hybridized carbons (Fsp3) is 0.304. The molecular formula is C23H22F2N6O2. The third kappa shape index (κ3) is 4.21. The van der Waals surface area contributed by atoms with Gasteiger partial charge in [-0.05, 0) is 19.4 Å². The summed E-state index contributed by atoms with van der Waals surface area (Å²) in [5, 5.41) is 0. The van der Waals surface area contributed by atoms with Crippen LogP contribution in [0.3, 0.4) is 0 Å². The molecule has 1 aliphatic rings. The van der Waals surface area contributed by atoms with E-state index in [-0.39, 0.29) is 17.6 Å². The van der Waals surface area contributed by atoms with E-state index in [0.29, 0.717) is 36.5 Å². The predicted octanol–water partition coefficient (Wildman–Crippen LogP) is 3.77. The number of nitrogens with zero attached hydrogens (tertiary/aromatic N) is 5. The second kappa shape index (κ2) is 8.70. The van der Waals surface area contributed by atoms with Gasteiger partial charge in [0.05, 0.1) is 35.6 Å². The molecule has 3 aromatic heterocycles. The van der Waals surface area contributed by atoms with Crippen LogP contribution in [0, 0.1) is 6.92 Å². The fourth-order valence-electron chi connectivity index (χ4n) is 4.18. The molecule has 1 atom stereocenters. The number of nitrogens with two attached hydrogens (primary N) is 1. The lowest BCUT2D eigenvalue weighted by molar-refractivity contribution is -0.0503. The summed E-state index contributed by atoms with van der Waals surface area (Å²) in [5.41, 5.74) is 11.0. The van der Waals surface area contributed by atoms with Crippen molar-refractivity contribution in [2.24, 2.45) is 0 Å². The number of anilines is 1. The summed E-state index contributed by atoms with van der Waals surface area (Å²) in [6.45, 7) is 0.230. The maximum atomic E-state index is 12.9. The van der Waals surface area contributed by atoms with E-state index in [0.717, 1.165) is 29.1 Å². The van der Waals surface area contributed by atoms with Crippen molar-refractivity contribution in [2.45, 2.75) is 32.3 Å². The van der Waals surface area contributed by atoms with Gasteiger partial charge < -0.3 is 15.2 Å². The number of hydrogen-bond donors (Lipinski definition) is 1. The van der Waals surface area contributed by atoms with Gasteiger partial charge in [-0.1, -0.05) is 18.2 Å². The molecule has 0 spiro atoms. The second-order valence-corrected chi connectivity index (χ2v) is 7.90. The third-order valence-corrected chi connectivity index (χ3v) is 5.78. The number of para-hydroxylation sites is 1. The monoisotopic (exact) mass is 452 g/mol. The van der Waals surface area contributed by atoms with Crippen LogP contribution < -0.4 is 10.5 Å². The number of rotatable bonds is 6. The summed E-state index contributed by atoms with van der Waals surface area (Å²) in [7, 11) is 0. The highest BCUT2D eigenvalue weighted by molar-refractivity contribution is 5.63. The van der Waals surface area contributed by atoms with Gasteiger partial charge in [0.15, 0.2) is 5.65 Å². The van der Waals surface area contributed by atoms with Crippen molar-refractivity contribution in [1.82, 2.24) is 24.3 Å². The van der Waals surface area contributed by atoms with E-state index < -0.39 is 6.61 Å². The van der Waals surface area contributed by atoms with Crippen molar-refractivity contribution < 1.29 is 18.3 Å². The van der Waals surface area contributed by atoms with E-state index in [1.165, 1.54) is 6.07 Å². The largest absolute Gasteiger partial charge is 0.435 e. The first-order chi connectivity index (χ1) is 16.0. The van der Waals surface area contributed by atoms with Crippen LogP contribution >= 0.6 is 0 Å². The Morgan fingerprint density at radius 2 is 2.06 bits per heavy atom. The quantitative estimate of drug-likeness (QED) is 0.475. The molecule has 1 aliphatic heterocycles. The van der Waals surface area contributed by atoms with E-state index >= 15 is 0 Å². The molecule has 4 heterocycles. The standard InChI is InChI=1S/C23H22F2N6O2/c1-13-18(8-14-4-2-3-5-19(14)33-22(24)25)31-11-17(27-10-20(31)29-13)16-9-28-23(26)30-21(16)15-6-7-32-12-15/h2-5,9-11,15,22H,6-8,12H2,1H3,(H2,26,28,30). The Kier molecular flexibility index (Phi) is 5.59. The zero-order valence-corrected chi connectivity index (χ0v) is 17.9. The zero-order chi connectivity index (χ0) is 22.9. The van der Waals surface area contributed by atoms with Gasteiger partial charge >= 0.3 is 6.61 Å². The normalized spacial score (nSPS) is 16.1. The first-order valence-corrected chi connectivity index (χ1v) is 10.6. The predicted molar refractivity (Wildman–Crippen MR) is 117 cm³/mol. The van der Waals surface area contributed by atoms with Gasteiger partial charge in [0.1, 0.15) is 5.75 Å². The Morgan fingerprint density at radius 1 is 1.21 bits per heavy atom. The van der Waals surface area contributed by atoms with E-state index in [9.17, 15) is 8.78 Å². The molecule has 0 bridgehead atoms. The van der Waals surface area contributed by atoms with Crippen LogP contribution in [0.5, 0.6) is 5.75 Å². The molecule has 0 amide bonds. The summed E-state index contributed by atoms with van der Waals surface area (Å²) in [4.78, 5) is 17.8. The summed E-state index contributed by atoms with van der Waals surface area (Å²) in [6, 6.07) is 6.76. The number of halogens is 2. The zero-order valence-electron chi connectivity index (χ0n) is 17.9. The van der Waals surface area contributed by atoms with Crippen LogP contribution in [-0.4, -0.2) is 44.2 Å². The minimum Gasteiger partial charge on any atom is -0.435 e. The maximum absolute atomic E-state index is 12.9. The first kappa shape index (κ1) is 21.2. The lowest BCUT2D eigenvalue weighted by atomic mass is 9.99. The lowest BCUT2D eigenvalue weighted by Crippen LogP contribution is -2.08. The lowest BCUT2D eigenvalue weighted by Gasteiger charge is -2.14. The molecule has 0 aliphatic carbocycles. The molecule has 1 unspecified atom stereocenters. The number of alkyl halides is 2. The molecule has 33 heavy (non-hydrogen) atoms. The molecule has 0 radical (unpaired) electrons. The summed E-state index contributed by atoms with van der Waals surface area (Å²) >= 11 is 0. The Morgan fingerprint density at radius 3 is 2.85 bits per heavy atom. The topological polar surface area (TPSA) is 100 Å². The van der Waals surface area contributed by atoms with Gasteiger partial charge in [0.25, 0.3) is 0 Å². The number of aromatic nitrogens is 5. The molecule has 1 fully saturated rings. The molecule has 0 saturated carbocycles. The smallest absolute Gasteiger partial charge is 0.387 e. The van der Waals surface area contributed by atoms with Crippen molar-refractivity contribution in [3.63, 3.8) is 0 Å². The number of aryl methyl sites for hydroxylation is 1. The second-order valence-electron chi connectivity index (χ2n) is 7.90. The number of hydrogen-bond acceptors (Lipinski definition) is 7. The molecule has 4 aromatic rings. The summed E-state index contributed by atoms with van der Waals surface area (Å²) in [5.74, 6) is 0.466. The van der Waals surface area contributed by atoms with E-state index in [2.05, 4.69) is 19.9 Å². The van der Waals surface area contributed by atoms with Crippen molar-refractivity contribution >= 4 is 11.6 Å². The molecule has 2 N–H and O–H groups in total. The van der Waals surface area contributed by atoms with Gasteiger partial charge in [-0.2, -0.15) is 8.78 Å². The average molecular weight is 452 g/mol. The van der Waals surface area contributed by atoms with E-state index in [1.54, 1.807) is 30.6 Å². The maximum Gasteiger partial charge on any atom is 0.387 e. The van der Waals surface area contributed by atoms with Gasteiger partial charge in [-0.15, -0.1) is 0 Å². The number of ether oxygens (including phenoxy) is 2. The fourth-order valence-corrected chi connectivity index (χ4v) is 4.18. The van der Waals surface area contributed by atoms with Crippen LogP contribution in [0.2, 0.25) is 0 Å². The number of nitrogen functional groups attached to an aromatic ring is 1. The van der Waals surface area contributed by atoms with Gasteiger partial charge in [-0.25, -0.2) is 15.0 Å². The van der Waals surface area contributed by atoms with Crippen molar-refractivity contribution in [2.75, 3.05) is 18.9 Å². The SMILES string of the molecule is Cc1nc2cnc(-c3cnc(N)nc3C3CCOC3)cn2c1Cc1ccccc1OC(F)F. The van der Waals surface area contributed by atoms with Gasteiger partial charge in [0, 0.05) is 42.5 Å². The van der Waals surface area contributed by atoms with Crippen molar-refractivity contribution in [3.8, 4) is 17.0 Å². The van der Waals surface area contributed by atoms with Crippen LogP contribution in [0.4, 0.5) is 14.7 Å².